The number of rotatable bonds is 7. The Morgan fingerprint density at radius 2 is 1.63 bits per heavy atom. The average Bonchev–Trinajstić information content (AvgIpc) is 2.82. The fraction of sp³-hybridized carbons (Fsp3) is 0.444. The lowest BCUT2D eigenvalue weighted by Gasteiger charge is -2.40. The van der Waals surface area contributed by atoms with E-state index in [0.29, 0.717) is 24.5 Å². The minimum atomic E-state index is -0.833. The van der Waals surface area contributed by atoms with Crippen LogP contribution in [0.3, 0.4) is 0 Å². The third kappa shape index (κ3) is 11.6. The summed E-state index contributed by atoms with van der Waals surface area (Å²) in [7, 11) is 0. The van der Waals surface area contributed by atoms with Gasteiger partial charge in [-0.1, -0.05) is 73.8 Å². The van der Waals surface area contributed by atoms with E-state index in [9.17, 15) is 9.59 Å². The molecular weight excluding hydrogens is 489 g/mol. The summed E-state index contributed by atoms with van der Waals surface area (Å²) in [6.07, 6.45) is 4.55. The Morgan fingerprint density at radius 1 is 1.06 bits per heavy atom. The number of ether oxygens (including phenoxy) is 1. The Bertz CT molecular complexity index is 902. The number of nitrogens with zero attached hydrogens (tertiary/aromatic N) is 1. The lowest BCUT2D eigenvalue weighted by molar-refractivity contribution is -0.159. The Balaban J connectivity index is 0.000000458. The van der Waals surface area contributed by atoms with Crippen LogP contribution in [0.2, 0.25) is 10.0 Å². The summed E-state index contributed by atoms with van der Waals surface area (Å²) >= 11 is 11.5. The second kappa shape index (κ2) is 17.0. The molecule has 0 aliphatic carbocycles. The number of carboxylic acid groups (broad SMARTS) is 1. The highest BCUT2D eigenvalue weighted by Gasteiger charge is 2.37. The highest BCUT2D eigenvalue weighted by atomic mass is 35.5. The summed E-state index contributed by atoms with van der Waals surface area (Å²) in [5.41, 5.74) is 1.02. The van der Waals surface area contributed by atoms with Crippen LogP contribution < -0.4 is 0 Å². The molecule has 1 aliphatic rings. The number of amides is 1. The van der Waals surface area contributed by atoms with Crippen molar-refractivity contribution in [2.75, 3.05) is 6.61 Å². The predicted molar refractivity (Wildman–Crippen MR) is 140 cm³/mol. The van der Waals surface area contributed by atoms with Crippen molar-refractivity contribution in [3.8, 4) is 0 Å². The SMILES string of the molecule is CC(=O)O.CCCCOC(=O)C(CC)N1C(=O)CCCC1c1ccc(Cl)cc1.Clc1ccccc1. The second-order valence-corrected chi connectivity index (χ2v) is 8.89. The van der Waals surface area contributed by atoms with E-state index in [4.69, 9.17) is 37.8 Å². The van der Waals surface area contributed by atoms with Gasteiger partial charge < -0.3 is 14.7 Å². The largest absolute Gasteiger partial charge is 0.481 e. The minimum Gasteiger partial charge on any atom is -0.481 e. The van der Waals surface area contributed by atoms with Crippen LogP contribution in [-0.2, 0) is 19.1 Å². The number of esters is 1. The number of hydrogen-bond donors (Lipinski definition) is 1. The highest BCUT2D eigenvalue weighted by molar-refractivity contribution is 6.30. The van der Waals surface area contributed by atoms with Crippen molar-refractivity contribution >= 4 is 41.0 Å². The molecule has 1 aliphatic heterocycles. The molecule has 1 saturated heterocycles. The first-order chi connectivity index (χ1) is 16.7. The molecule has 6 nitrogen and oxygen atoms in total. The average molecular weight is 524 g/mol. The molecule has 1 heterocycles. The van der Waals surface area contributed by atoms with Crippen LogP contribution in [0.5, 0.6) is 0 Å². The van der Waals surface area contributed by atoms with Crippen LogP contribution in [0.15, 0.2) is 54.6 Å². The van der Waals surface area contributed by atoms with Crippen molar-refractivity contribution in [3.63, 3.8) is 0 Å². The maximum Gasteiger partial charge on any atom is 0.328 e. The van der Waals surface area contributed by atoms with E-state index >= 15 is 0 Å². The fourth-order valence-corrected chi connectivity index (χ4v) is 3.87. The quantitative estimate of drug-likeness (QED) is 0.313. The summed E-state index contributed by atoms with van der Waals surface area (Å²) in [5.74, 6) is -1.10. The van der Waals surface area contributed by atoms with Crippen LogP contribution in [0, 0.1) is 0 Å². The molecule has 8 heteroatoms. The van der Waals surface area contributed by atoms with Crippen molar-refractivity contribution in [2.45, 2.75) is 71.4 Å². The third-order valence-corrected chi connectivity index (χ3v) is 5.72. The van der Waals surface area contributed by atoms with Crippen molar-refractivity contribution in [1.29, 1.82) is 0 Å². The number of carboxylic acids is 1. The normalized spacial score (nSPS) is 15.6. The maximum atomic E-state index is 12.6. The first-order valence-electron chi connectivity index (χ1n) is 11.8. The topological polar surface area (TPSA) is 83.9 Å². The van der Waals surface area contributed by atoms with Crippen LogP contribution in [0.25, 0.3) is 0 Å². The first-order valence-corrected chi connectivity index (χ1v) is 12.6. The van der Waals surface area contributed by atoms with Gasteiger partial charge >= 0.3 is 5.97 Å². The van der Waals surface area contributed by atoms with Crippen molar-refractivity contribution in [3.05, 3.63) is 70.2 Å². The van der Waals surface area contributed by atoms with Gasteiger partial charge in [-0.15, -0.1) is 0 Å². The van der Waals surface area contributed by atoms with E-state index in [1.54, 1.807) is 4.90 Å². The third-order valence-electron chi connectivity index (χ3n) is 5.22. The lowest BCUT2D eigenvalue weighted by Crippen LogP contribution is -2.49. The zero-order valence-electron chi connectivity index (χ0n) is 20.6. The first kappa shape index (κ1) is 30.5. The Labute approximate surface area is 218 Å². The second-order valence-electron chi connectivity index (χ2n) is 8.02. The zero-order chi connectivity index (χ0) is 26.2. The molecule has 1 N–H and O–H groups in total. The molecule has 2 aromatic carbocycles. The van der Waals surface area contributed by atoms with Crippen molar-refractivity contribution in [1.82, 2.24) is 4.90 Å². The molecule has 0 saturated carbocycles. The lowest BCUT2D eigenvalue weighted by atomic mass is 9.92. The molecular formula is C27H35Cl2NO5. The Hall–Kier alpha value is -2.57. The van der Waals surface area contributed by atoms with Gasteiger partial charge in [0.25, 0.3) is 5.97 Å². The number of piperidine rings is 1. The molecule has 35 heavy (non-hydrogen) atoms. The zero-order valence-corrected chi connectivity index (χ0v) is 22.1. The number of likely N-dealkylation sites (tertiary alicyclic amines) is 1. The predicted octanol–water partition coefficient (Wildman–Crippen LogP) is 6.95. The smallest absolute Gasteiger partial charge is 0.328 e. The van der Waals surface area contributed by atoms with Gasteiger partial charge in [-0.2, -0.15) is 0 Å². The molecule has 3 rings (SSSR count). The van der Waals surface area contributed by atoms with E-state index in [2.05, 4.69) is 6.92 Å². The van der Waals surface area contributed by atoms with Gasteiger partial charge in [0.15, 0.2) is 0 Å². The number of carbonyl (C=O) groups is 3. The van der Waals surface area contributed by atoms with E-state index in [1.807, 2.05) is 61.5 Å². The van der Waals surface area contributed by atoms with Gasteiger partial charge in [-0.3, -0.25) is 9.59 Å². The summed E-state index contributed by atoms with van der Waals surface area (Å²) in [6, 6.07) is 16.4. The summed E-state index contributed by atoms with van der Waals surface area (Å²) in [6.45, 7) is 5.47. The number of hydrogen-bond acceptors (Lipinski definition) is 4. The maximum absolute atomic E-state index is 12.6. The van der Waals surface area contributed by atoms with Crippen LogP contribution in [0.1, 0.15) is 70.9 Å². The summed E-state index contributed by atoms with van der Waals surface area (Å²) in [4.78, 5) is 35.8. The summed E-state index contributed by atoms with van der Waals surface area (Å²) in [5, 5.41) is 8.88. The van der Waals surface area contributed by atoms with Gasteiger partial charge in [0.05, 0.1) is 12.6 Å². The summed E-state index contributed by atoms with van der Waals surface area (Å²) < 4.78 is 5.39. The number of halogens is 2. The Morgan fingerprint density at radius 3 is 2.11 bits per heavy atom. The van der Waals surface area contributed by atoms with Crippen LogP contribution >= 0.6 is 23.2 Å². The molecule has 1 amide bonds. The van der Waals surface area contributed by atoms with Crippen LogP contribution in [0.4, 0.5) is 0 Å². The monoisotopic (exact) mass is 523 g/mol. The number of aliphatic carboxylic acids is 1. The molecule has 1 fully saturated rings. The Kier molecular flexibility index (Phi) is 14.8. The van der Waals surface area contributed by atoms with E-state index in [0.717, 1.165) is 43.2 Å². The molecule has 2 unspecified atom stereocenters. The fourth-order valence-electron chi connectivity index (χ4n) is 3.60. The molecule has 0 bridgehead atoms. The van der Waals surface area contributed by atoms with Gasteiger partial charge in [-0.25, -0.2) is 4.79 Å². The van der Waals surface area contributed by atoms with Crippen molar-refractivity contribution < 1.29 is 24.2 Å². The molecule has 0 aromatic heterocycles. The number of carbonyl (C=O) groups excluding carboxylic acids is 2. The van der Waals surface area contributed by atoms with Gasteiger partial charge in [-0.05, 0) is 55.5 Å². The molecule has 0 spiro atoms. The molecule has 2 atom stereocenters. The molecule has 192 valence electrons. The van der Waals surface area contributed by atoms with E-state index in [-0.39, 0.29) is 17.9 Å². The highest BCUT2D eigenvalue weighted by Crippen LogP contribution is 2.34. The molecule has 2 aromatic rings. The van der Waals surface area contributed by atoms with E-state index in [1.165, 1.54) is 0 Å². The van der Waals surface area contributed by atoms with E-state index < -0.39 is 12.0 Å². The molecule has 0 radical (unpaired) electrons. The standard InChI is InChI=1S/C19H26ClNO3.C6H5Cl.C2H4O2/c1-3-5-13-24-19(23)16(4-2)21-17(7-6-8-18(21)22)14-9-11-15(20)12-10-14;7-6-4-2-1-3-5-6;1-2(3)4/h9-12,16-17H,3-8,13H2,1-2H3;1-5H;1H3,(H,3,4). The van der Waals surface area contributed by atoms with Gasteiger partial charge in [0, 0.05) is 23.4 Å². The number of unbranched alkanes of at least 4 members (excludes halogenated alkanes) is 1. The van der Waals surface area contributed by atoms with Gasteiger partial charge in [0.2, 0.25) is 5.91 Å². The van der Waals surface area contributed by atoms with Crippen LogP contribution in [-0.4, -0.2) is 40.5 Å². The van der Waals surface area contributed by atoms with Crippen molar-refractivity contribution in [2.24, 2.45) is 0 Å². The van der Waals surface area contributed by atoms with Gasteiger partial charge in [0.1, 0.15) is 6.04 Å². The number of benzene rings is 2. The minimum absolute atomic E-state index is 0.0282.